The number of H-pyrrole nitrogens is 1. The molecule has 2 aromatic rings. The van der Waals surface area contributed by atoms with Gasteiger partial charge < -0.3 is 9.88 Å². The molecule has 1 amide bonds. The van der Waals surface area contributed by atoms with Gasteiger partial charge in [0.05, 0.1) is 0 Å². The Labute approximate surface area is 143 Å². The van der Waals surface area contributed by atoms with Gasteiger partial charge in [-0.25, -0.2) is 0 Å². The SMILES string of the molecule is O=C(c1ccc[nH]c1=O)N1CCS[C@H](c2ccccc2Cl)CC1. The highest BCUT2D eigenvalue weighted by molar-refractivity contribution is 7.99. The molecule has 0 bridgehead atoms. The standard InChI is InChI=1S/C17H17ClN2O2S/c18-14-6-2-1-4-12(14)15-7-9-20(10-11-23-15)17(22)13-5-3-8-19-16(13)21/h1-6,8,15H,7,9-11H2,(H,19,21)/t15-/m0/s1. The number of nitrogens with zero attached hydrogens (tertiary/aromatic N) is 1. The molecule has 1 fully saturated rings. The predicted octanol–water partition coefficient (Wildman–Crippen LogP) is 3.35. The zero-order valence-corrected chi connectivity index (χ0v) is 14.1. The second-order valence-electron chi connectivity index (χ2n) is 5.37. The van der Waals surface area contributed by atoms with Crippen molar-refractivity contribution >= 4 is 29.3 Å². The maximum Gasteiger partial charge on any atom is 0.260 e. The Morgan fingerprint density at radius 3 is 2.83 bits per heavy atom. The van der Waals surface area contributed by atoms with Crippen LogP contribution in [0.1, 0.15) is 27.6 Å². The molecule has 1 atom stereocenters. The first-order valence-electron chi connectivity index (χ1n) is 7.50. The van der Waals surface area contributed by atoms with Crippen LogP contribution >= 0.6 is 23.4 Å². The molecule has 0 spiro atoms. The third-order valence-corrected chi connectivity index (χ3v) is 5.58. The first-order chi connectivity index (χ1) is 11.2. The fraction of sp³-hybridized carbons (Fsp3) is 0.294. The highest BCUT2D eigenvalue weighted by atomic mass is 35.5. The van der Waals surface area contributed by atoms with E-state index in [9.17, 15) is 9.59 Å². The first kappa shape index (κ1) is 16.1. The number of rotatable bonds is 2. The number of carbonyl (C=O) groups is 1. The molecule has 1 aromatic heterocycles. The van der Waals surface area contributed by atoms with Gasteiger partial charge in [-0.2, -0.15) is 11.8 Å². The summed E-state index contributed by atoms with van der Waals surface area (Å²) >= 11 is 8.09. The molecule has 0 radical (unpaired) electrons. The van der Waals surface area contributed by atoms with Crippen LogP contribution in [0.25, 0.3) is 0 Å². The average Bonchev–Trinajstić information content (AvgIpc) is 2.81. The van der Waals surface area contributed by atoms with Gasteiger partial charge >= 0.3 is 0 Å². The number of hydrogen-bond acceptors (Lipinski definition) is 3. The summed E-state index contributed by atoms with van der Waals surface area (Å²) in [7, 11) is 0. The second-order valence-corrected chi connectivity index (χ2v) is 7.09. The molecule has 1 N–H and O–H groups in total. The predicted molar refractivity (Wildman–Crippen MR) is 94.2 cm³/mol. The quantitative estimate of drug-likeness (QED) is 0.905. The maximum absolute atomic E-state index is 12.6. The Kier molecular flexibility index (Phi) is 5.08. The smallest absolute Gasteiger partial charge is 0.260 e. The van der Waals surface area contributed by atoms with Crippen LogP contribution in [0.15, 0.2) is 47.4 Å². The van der Waals surface area contributed by atoms with Gasteiger partial charge in [0.15, 0.2) is 0 Å². The Hall–Kier alpha value is -1.72. The lowest BCUT2D eigenvalue weighted by Crippen LogP contribution is -2.36. The number of amides is 1. The van der Waals surface area contributed by atoms with Crippen molar-refractivity contribution < 1.29 is 4.79 Å². The van der Waals surface area contributed by atoms with Gasteiger partial charge in [-0.15, -0.1) is 0 Å². The summed E-state index contributed by atoms with van der Waals surface area (Å²) in [5.74, 6) is 0.624. The van der Waals surface area contributed by atoms with Crippen molar-refractivity contribution in [2.75, 3.05) is 18.8 Å². The number of thioether (sulfide) groups is 1. The highest BCUT2D eigenvalue weighted by Crippen LogP contribution is 2.37. The van der Waals surface area contributed by atoms with Crippen molar-refractivity contribution in [3.8, 4) is 0 Å². The summed E-state index contributed by atoms with van der Waals surface area (Å²) in [5, 5.41) is 1.04. The summed E-state index contributed by atoms with van der Waals surface area (Å²) in [6.45, 7) is 1.26. The molecule has 2 heterocycles. The van der Waals surface area contributed by atoms with E-state index < -0.39 is 0 Å². The lowest BCUT2D eigenvalue weighted by atomic mass is 10.1. The van der Waals surface area contributed by atoms with E-state index in [1.165, 1.54) is 6.20 Å². The van der Waals surface area contributed by atoms with Gasteiger partial charge in [-0.3, -0.25) is 9.59 Å². The molecule has 1 aliphatic heterocycles. The molecule has 0 saturated carbocycles. The monoisotopic (exact) mass is 348 g/mol. The summed E-state index contributed by atoms with van der Waals surface area (Å²) < 4.78 is 0. The molecule has 3 rings (SSSR count). The summed E-state index contributed by atoms with van der Waals surface area (Å²) in [4.78, 5) is 28.7. The second kappa shape index (κ2) is 7.23. The third kappa shape index (κ3) is 3.62. The van der Waals surface area contributed by atoms with Crippen molar-refractivity contribution in [1.29, 1.82) is 0 Å². The Bertz CT molecular complexity index is 762. The summed E-state index contributed by atoms with van der Waals surface area (Å²) in [6.07, 6.45) is 2.36. The van der Waals surface area contributed by atoms with Gasteiger partial charge in [0, 0.05) is 35.3 Å². The van der Waals surface area contributed by atoms with Gasteiger partial charge in [-0.05, 0) is 30.2 Å². The zero-order chi connectivity index (χ0) is 16.2. The number of nitrogens with one attached hydrogen (secondary N) is 1. The van der Waals surface area contributed by atoms with Crippen molar-refractivity contribution in [3.05, 3.63) is 69.1 Å². The van der Waals surface area contributed by atoms with E-state index in [1.54, 1.807) is 17.0 Å². The van der Waals surface area contributed by atoms with E-state index in [0.29, 0.717) is 13.1 Å². The molecular weight excluding hydrogens is 332 g/mol. The van der Waals surface area contributed by atoms with Crippen molar-refractivity contribution in [2.24, 2.45) is 0 Å². The topological polar surface area (TPSA) is 53.2 Å². The van der Waals surface area contributed by atoms with Crippen molar-refractivity contribution in [1.82, 2.24) is 9.88 Å². The molecule has 1 aliphatic rings. The van der Waals surface area contributed by atoms with Crippen LogP contribution in [0.2, 0.25) is 5.02 Å². The highest BCUT2D eigenvalue weighted by Gasteiger charge is 2.25. The van der Waals surface area contributed by atoms with Crippen LogP contribution in [0.4, 0.5) is 0 Å². The van der Waals surface area contributed by atoms with Crippen LogP contribution in [-0.2, 0) is 0 Å². The lowest BCUT2D eigenvalue weighted by molar-refractivity contribution is 0.0765. The van der Waals surface area contributed by atoms with E-state index in [0.717, 1.165) is 22.8 Å². The fourth-order valence-corrected chi connectivity index (χ4v) is 4.32. The van der Waals surface area contributed by atoms with E-state index in [4.69, 9.17) is 11.6 Å². The number of benzene rings is 1. The molecule has 1 saturated heterocycles. The van der Waals surface area contributed by atoms with Gasteiger partial charge in [0.2, 0.25) is 0 Å². The van der Waals surface area contributed by atoms with Gasteiger partial charge in [-0.1, -0.05) is 29.8 Å². The molecule has 120 valence electrons. The fourth-order valence-electron chi connectivity index (χ4n) is 2.72. The number of halogens is 1. The normalized spacial score (nSPS) is 18.5. The van der Waals surface area contributed by atoms with Crippen molar-refractivity contribution in [2.45, 2.75) is 11.7 Å². The molecular formula is C17H17ClN2O2S. The molecule has 1 aromatic carbocycles. The number of carbonyl (C=O) groups excluding carboxylic acids is 1. The number of aromatic nitrogens is 1. The Morgan fingerprint density at radius 2 is 2.04 bits per heavy atom. The Morgan fingerprint density at radius 1 is 1.22 bits per heavy atom. The first-order valence-corrected chi connectivity index (χ1v) is 8.92. The van der Waals surface area contributed by atoms with Gasteiger partial charge in [0.25, 0.3) is 11.5 Å². The van der Waals surface area contributed by atoms with Crippen molar-refractivity contribution in [3.63, 3.8) is 0 Å². The van der Waals surface area contributed by atoms with Crippen LogP contribution in [0, 0.1) is 0 Å². The maximum atomic E-state index is 12.6. The van der Waals surface area contributed by atoms with Gasteiger partial charge in [0.1, 0.15) is 5.56 Å². The van der Waals surface area contributed by atoms with E-state index in [-0.39, 0.29) is 22.3 Å². The third-order valence-electron chi connectivity index (χ3n) is 3.93. The van der Waals surface area contributed by atoms with Crippen LogP contribution < -0.4 is 5.56 Å². The van der Waals surface area contributed by atoms with E-state index >= 15 is 0 Å². The number of aromatic amines is 1. The summed E-state index contributed by atoms with van der Waals surface area (Å²) in [5.41, 5.74) is 0.983. The largest absolute Gasteiger partial charge is 0.338 e. The van der Waals surface area contributed by atoms with Crippen LogP contribution in [0.5, 0.6) is 0 Å². The van der Waals surface area contributed by atoms with Crippen LogP contribution in [0.3, 0.4) is 0 Å². The molecule has 0 unspecified atom stereocenters. The molecule has 0 aliphatic carbocycles. The lowest BCUT2D eigenvalue weighted by Gasteiger charge is -2.20. The molecule has 4 nitrogen and oxygen atoms in total. The number of hydrogen-bond donors (Lipinski definition) is 1. The Balaban J connectivity index is 1.74. The zero-order valence-electron chi connectivity index (χ0n) is 12.5. The average molecular weight is 349 g/mol. The number of pyridine rings is 1. The minimum absolute atomic E-state index is 0.202. The van der Waals surface area contributed by atoms with E-state index in [2.05, 4.69) is 4.98 Å². The van der Waals surface area contributed by atoms with E-state index in [1.807, 2.05) is 36.0 Å². The minimum Gasteiger partial charge on any atom is -0.338 e. The summed E-state index contributed by atoms with van der Waals surface area (Å²) in [6, 6.07) is 11.1. The molecule has 23 heavy (non-hydrogen) atoms. The minimum atomic E-state index is -0.336. The van der Waals surface area contributed by atoms with Crippen LogP contribution in [-0.4, -0.2) is 34.6 Å². The molecule has 6 heteroatoms.